The second-order valence-electron chi connectivity index (χ2n) is 7.11. The molecule has 0 atom stereocenters. The van der Waals surface area contributed by atoms with Crippen LogP contribution in [0, 0.1) is 0 Å². The van der Waals surface area contributed by atoms with Crippen LogP contribution in [0.15, 0.2) is 97.2 Å². The summed E-state index contributed by atoms with van der Waals surface area (Å²) in [4.78, 5) is 19.1. The van der Waals surface area contributed by atoms with Gasteiger partial charge in [-0.1, -0.05) is 60.7 Å². The van der Waals surface area contributed by atoms with E-state index in [0.29, 0.717) is 11.3 Å². The van der Waals surface area contributed by atoms with E-state index in [9.17, 15) is 4.79 Å². The number of pyridine rings is 1. The predicted molar refractivity (Wildman–Crippen MR) is 125 cm³/mol. The topological polar surface area (TPSA) is 45.2 Å². The molecule has 0 aliphatic heterocycles. The van der Waals surface area contributed by atoms with Crippen LogP contribution in [0.4, 0.5) is 11.4 Å². The summed E-state index contributed by atoms with van der Waals surface area (Å²) in [6.07, 6.45) is 5.92. The number of nitrogens with one attached hydrogen (secondary N) is 1. The van der Waals surface area contributed by atoms with E-state index in [-0.39, 0.29) is 5.91 Å². The lowest BCUT2D eigenvalue weighted by Crippen LogP contribution is -2.17. The van der Waals surface area contributed by atoms with Crippen molar-refractivity contribution in [2.24, 2.45) is 0 Å². The lowest BCUT2D eigenvalue weighted by Gasteiger charge is -2.17. The minimum Gasteiger partial charge on any atom is -0.371 e. The summed E-state index contributed by atoms with van der Waals surface area (Å²) in [6.45, 7) is 0.781. The van der Waals surface area contributed by atoms with Crippen LogP contribution >= 0.6 is 0 Å². The number of hydrogen-bond acceptors (Lipinski definition) is 3. The highest BCUT2D eigenvalue weighted by molar-refractivity contribution is 6.05. The fraction of sp³-hybridized carbons (Fsp3) is 0.0769. The van der Waals surface area contributed by atoms with Gasteiger partial charge in [0.15, 0.2) is 0 Å². The number of carbonyl (C=O) groups is 1. The van der Waals surface area contributed by atoms with Crippen molar-refractivity contribution < 1.29 is 4.79 Å². The number of nitrogens with zero attached hydrogens (tertiary/aromatic N) is 2. The first-order valence-corrected chi connectivity index (χ1v) is 9.88. The number of amides is 1. The number of fused-ring (bicyclic) bond motifs is 1. The monoisotopic (exact) mass is 393 g/mol. The average Bonchev–Trinajstić information content (AvgIpc) is 2.80. The standard InChI is InChI=1S/C26H23N3O/c1-29(17-7-10-20-8-3-2-4-9-20)24-15-13-21(14-16-24)26(30)28-23-18-22-11-5-6-12-25(22)27-19-23/h2-16,18-19H,17H2,1H3,(H,28,30). The van der Waals surface area contributed by atoms with Crippen molar-refractivity contribution in [1.82, 2.24) is 4.98 Å². The highest BCUT2D eigenvalue weighted by Gasteiger charge is 2.08. The largest absolute Gasteiger partial charge is 0.371 e. The molecule has 0 spiro atoms. The lowest BCUT2D eigenvalue weighted by atomic mass is 10.1. The minimum atomic E-state index is -0.148. The van der Waals surface area contributed by atoms with E-state index in [0.717, 1.165) is 23.1 Å². The molecular weight excluding hydrogens is 370 g/mol. The molecule has 148 valence electrons. The van der Waals surface area contributed by atoms with Gasteiger partial charge in [0.2, 0.25) is 0 Å². The molecule has 0 aliphatic rings. The van der Waals surface area contributed by atoms with Gasteiger partial charge in [-0.2, -0.15) is 0 Å². The molecule has 1 aromatic heterocycles. The number of para-hydroxylation sites is 1. The third kappa shape index (κ3) is 4.73. The molecule has 0 saturated heterocycles. The third-order valence-electron chi connectivity index (χ3n) is 4.91. The number of likely N-dealkylation sites (N-methyl/N-ethyl adjacent to an activating group) is 1. The number of benzene rings is 3. The molecule has 0 saturated carbocycles. The Morgan fingerprint density at radius 3 is 2.50 bits per heavy atom. The summed E-state index contributed by atoms with van der Waals surface area (Å²) in [5.41, 5.74) is 4.44. The Morgan fingerprint density at radius 1 is 0.967 bits per heavy atom. The molecule has 0 fully saturated rings. The highest BCUT2D eigenvalue weighted by atomic mass is 16.1. The second kappa shape index (κ2) is 9.05. The number of hydrogen-bond donors (Lipinski definition) is 1. The van der Waals surface area contributed by atoms with Gasteiger partial charge in [-0.15, -0.1) is 0 Å². The van der Waals surface area contributed by atoms with Crippen molar-refractivity contribution >= 4 is 34.3 Å². The molecule has 4 aromatic rings. The van der Waals surface area contributed by atoms with E-state index in [1.807, 2.05) is 79.8 Å². The highest BCUT2D eigenvalue weighted by Crippen LogP contribution is 2.18. The molecule has 4 heteroatoms. The number of aromatic nitrogens is 1. The van der Waals surface area contributed by atoms with Crippen LogP contribution in [-0.2, 0) is 0 Å². The van der Waals surface area contributed by atoms with Crippen LogP contribution in [-0.4, -0.2) is 24.5 Å². The Morgan fingerprint density at radius 2 is 1.70 bits per heavy atom. The minimum absolute atomic E-state index is 0.148. The molecule has 4 rings (SSSR count). The fourth-order valence-electron chi connectivity index (χ4n) is 3.23. The Bertz CT molecular complexity index is 1170. The van der Waals surface area contributed by atoms with Crippen LogP contribution in [0.3, 0.4) is 0 Å². The summed E-state index contributed by atoms with van der Waals surface area (Å²) >= 11 is 0. The fourth-order valence-corrected chi connectivity index (χ4v) is 3.23. The van der Waals surface area contributed by atoms with Gasteiger partial charge in [-0.05, 0) is 42.0 Å². The zero-order valence-corrected chi connectivity index (χ0v) is 16.8. The Labute approximate surface area is 176 Å². The van der Waals surface area contributed by atoms with Crippen molar-refractivity contribution in [2.75, 3.05) is 23.8 Å². The molecule has 4 nitrogen and oxygen atoms in total. The first-order valence-electron chi connectivity index (χ1n) is 9.88. The maximum atomic E-state index is 12.6. The zero-order chi connectivity index (χ0) is 20.8. The maximum absolute atomic E-state index is 12.6. The first kappa shape index (κ1) is 19.4. The van der Waals surface area contributed by atoms with Crippen molar-refractivity contribution in [2.45, 2.75) is 0 Å². The molecule has 0 radical (unpaired) electrons. The molecule has 1 amide bonds. The van der Waals surface area contributed by atoms with Crippen molar-refractivity contribution in [3.63, 3.8) is 0 Å². The summed E-state index contributed by atoms with van der Waals surface area (Å²) in [7, 11) is 2.03. The number of rotatable bonds is 6. The SMILES string of the molecule is CN(CC=Cc1ccccc1)c1ccc(C(=O)Nc2cnc3ccccc3c2)cc1. The predicted octanol–water partition coefficient (Wildman–Crippen LogP) is 5.64. The Balaban J connectivity index is 1.38. The molecule has 0 aliphatic carbocycles. The van der Waals surface area contributed by atoms with E-state index >= 15 is 0 Å². The second-order valence-corrected chi connectivity index (χ2v) is 7.11. The Kier molecular flexibility index (Phi) is 5.85. The molecule has 1 heterocycles. The van der Waals surface area contributed by atoms with Crippen LogP contribution in [0.5, 0.6) is 0 Å². The summed E-state index contributed by atoms with van der Waals surface area (Å²) in [5, 5.41) is 3.92. The van der Waals surface area contributed by atoms with Gasteiger partial charge in [-0.3, -0.25) is 9.78 Å². The summed E-state index contributed by atoms with van der Waals surface area (Å²) in [5.74, 6) is -0.148. The van der Waals surface area contributed by atoms with Crippen LogP contribution in [0.25, 0.3) is 17.0 Å². The van der Waals surface area contributed by atoms with Crippen LogP contribution in [0.1, 0.15) is 15.9 Å². The van der Waals surface area contributed by atoms with Crippen LogP contribution < -0.4 is 10.2 Å². The van der Waals surface area contributed by atoms with Gasteiger partial charge in [0.05, 0.1) is 17.4 Å². The van der Waals surface area contributed by atoms with Gasteiger partial charge in [-0.25, -0.2) is 0 Å². The van der Waals surface area contributed by atoms with Gasteiger partial charge in [0.25, 0.3) is 5.91 Å². The lowest BCUT2D eigenvalue weighted by molar-refractivity contribution is 0.102. The molecule has 0 unspecified atom stereocenters. The van der Waals surface area contributed by atoms with Crippen molar-refractivity contribution in [3.8, 4) is 0 Å². The average molecular weight is 393 g/mol. The molecule has 1 N–H and O–H groups in total. The van der Waals surface area contributed by atoms with Gasteiger partial charge >= 0.3 is 0 Å². The zero-order valence-electron chi connectivity index (χ0n) is 16.8. The van der Waals surface area contributed by atoms with E-state index in [1.165, 1.54) is 5.56 Å². The Hall–Kier alpha value is -3.92. The normalized spacial score (nSPS) is 11.0. The summed E-state index contributed by atoms with van der Waals surface area (Å²) in [6, 6.07) is 27.6. The maximum Gasteiger partial charge on any atom is 0.255 e. The van der Waals surface area contributed by atoms with E-state index < -0.39 is 0 Å². The number of anilines is 2. The summed E-state index contributed by atoms with van der Waals surface area (Å²) < 4.78 is 0. The van der Waals surface area contributed by atoms with E-state index in [4.69, 9.17) is 0 Å². The smallest absolute Gasteiger partial charge is 0.255 e. The molecule has 30 heavy (non-hydrogen) atoms. The molecule has 3 aromatic carbocycles. The van der Waals surface area contributed by atoms with Gasteiger partial charge < -0.3 is 10.2 Å². The van der Waals surface area contributed by atoms with Gasteiger partial charge in [0, 0.05) is 30.2 Å². The van der Waals surface area contributed by atoms with Crippen LogP contribution in [0.2, 0.25) is 0 Å². The van der Waals surface area contributed by atoms with Crippen molar-refractivity contribution in [1.29, 1.82) is 0 Å². The third-order valence-corrected chi connectivity index (χ3v) is 4.91. The van der Waals surface area contributed by atoms with E-state index in [1.54, 1.807) is 6.20 Å². The molecular formula is C26H23N3O. The van der Waals surface area contributed by atoms with Gasteiger partial charge in [0.1, 0.15) is 0 Å². The molecule has 0 bridgehead atoms. The number of carbonyl (C=O) groups excluding carboxylic acids is 1. The van der Waals surface area contributed by atoms with Crippen molar-refractivity contribution in [3.05, 3.63) is 108 Å². The van der Waals surface area contributed by atoms with E-state index in [2.05, 4.69) is 39.5 Å². The quantitative estimate of drug-likeness (QED) is 0.461. The first-order chi connectivity index (χ1) is 14.7.